The summed E-state index contributed by atoms with van der Waals surface area (Å²) >= 11 is 5.79. The van der Waals surface area contributed by atoms with E-state index in [4.69, 9.17) is 20.9 Å². The maximum absolute atomic E-state index is 11.2. The molecule has 1 aromatic heterocycles. The van der Waals surface area contributed by atoms with Crippen LogP contribution in [0.2, 0.25) is 5.02 Å². The molecule has 1 N–H and O–H groups in total. The fraction of sp³-hybridized carbons (Fsp3) is 0.133. The molecule has 2 aromatic rings. The number of pyridine rings is 1. The summed E-state index contributed by atoms with van der Waals surface area (Å²) < 4.78 is 37.0. The number of anilines is 1. The molecule has 11 heteroatoms. The van der Waals surface area contributed by atoms with Gasteiger partial charge in [-0.05, 0) is 37.3 Å². The molecular weight excluding hydrogens is 386 g/mol. The van der Waals surface area contributed by atoms with Gasteiger partial charge in [0.15, 0.2) is 0 Å². The van der Waals surface area contributed by atoms with E-state index in [1.807, 2.05) is 0 Å². The van der Waals surface area contributed by atoms with Crippen molar-refractivity contribution >= 4 is 27.4 Å². The molecule has 0 fully saturated rings. The van der Waals surface area contributed by atoms with Crippen molar-refractivity contribution in [3.05, 3.63) is 68.5 Å². The summed E-state index contributed by atoms with van der Waals surface area (Å²) in [7, 11) is -3.58. The number of halogens is 1. The second-order valence-electron chi connectivity index (χ2n) is 5.09. The normalized spacial score (nSPS) is 12.3. The number of nitro groups is 1. The number of allylic oxidation sites excluding steroid dienone is 1. The molecule has 0 aliphatic rings. The number of hydrogen-bond acceptors (Lipinski definition) is 7. The van der Waals surface area contributed by atoms with Crippen molar-refractivity contribution < 1.29 is 22.6 Å². The summed E-state index contributed by atoms with van der Waals surface area (Å²) in [6, 6.07) is 9.67. The van der Waals surface area contributed by atoms with E-state index in [2.05, 4.69) is 4.98 Å². The van der Waals surface area contributed by atoms with E-state index in [1.165, 1.54) is 37.2 Å². The Hall–Kier alpha value is -2.69. The fourth-order valence-electron chi connectivity index (χ4n) is 2.00. The fourth-order valence-corrected chi connectivity index (χ4v) is 2.83. The minimum Gasteiger partial charge on any atom is -0.439 e. The smallest absolute Gasteiger partial charge is 0.404 e. The second-order valence-corrected chi connectivity index (χ2v) is 6.87. The van der Waals surface area contributed by atoms with Gasteiger partial charge in [0, 0.05) is 18.1 Å². The highest BCUT2D eigenvalue weighted by atomic mass is 35.5. The molecule has 9 nitrogen and oxygen atoms in total. The molecule has 1 heterocycles. The zero-order valence-electron chi connectivity index (χ0n) is 13.7. The summed E-state index contributed by atoms with van der Waals surface area (Å²) in [6.07, 6.45) is 1.34. The molecule has 0 aliphatic heterocycles. The Bertz CT molecular complexity index is 942. The largest absolute Gasteiger partial charge is 0.439 e. The number of hydrogen-bond donors (Lipinski definition) is 1. The number of ether oxygens (including phenoxy) is 1. The zero-order chi connectivity index (χ0) is 19.5. The predicted octanol–water partition coefficient (Wildman–Crippen LogP) is 3.32. The molecule has 0 amide bonds. The summed E-state index contributed by atoms with van der Waals surface area (Å²) in [5.41, 5.74) is 0.0830. The highest BCUT2D eigenvalue weighted by molar-refractivity contribution is 7.89. The Balaban J connectivity index is 2.26. The van der Waals surface area contributed by atoms with Gasteiger partial charge < -0.3 is 9.64 Å². The van der Waals surface area contributed by atoms with Crippen molar-refractivity contribution in [1.29, 1.82) is 0 Å². The molecular formula is C15H14ClN3O6S. The van der Waals surface area contributed by atoms with Crippen molar-refractivity contribution in [2.45, 2.75) is 6.92 Å². The Morgan fingerprint density at radius 2 is 1.88 bits per heavy atom. The first-order valence-electron chi connectivity index (χ1n) is 7.05. The molecule has 0 radical (unpaired) electrons. The number of nitrogens with zero attached hydrogens (tertiary/aromatic N) is 3. The highest BCUT2D eigenvalue weighted by Gasteiger charge is 2.32. The van der Waals surface area contributed by atoms with Gasteiger partial charge in [0.2, 0.25) is 5.88 Å². The minimum absolute atomic E-state index is 0.260. The lowest BCUT2D eigenvalue weighted by Gasteiger charge is -2.19. The van der Waals surface area contributed by atoms with Crippen LogP contribution in [0, 0.1) is 10.1 Å². The minimum atomic E-state index is -4.99. The highest BCUT2D eigenvalue weighted by Crippen LogP contribution is 2.25. The van der Waals surface area contributed by atoms with Gasteiger partial charge in [0.25, 0.3) is 0 Å². The van der Waals surface area contributed by atoms with Crippen LogP contribution in [0.5, 0.6) is 11.6 Å². The quantitative estimate of drug-likeness (QED) is 0.445. The van der Waals surface area contributed by atoms with Gasteiger partial charge in [-0.15, -0.1) is 0 Å². The zero-order valence-corrected chi connectivity index (χ0v) is 15.2. The van der Waals surface area contributed by atoms with Crippen LogP contribution in [0.1, 0.15) is 6.92 Å². The maximum atomic E-state index is 11.2. The van der Waals surface area contributed by atoms with Gasteiger partial charge >= 0.3 is 15.1 Å². The topological polar surface area (TPSA) is 123 Å². The van der Waals surface area contributed by atoms with Gasteiger partial charge in [0.1, 0.15) is 11.4 Å². The van der Waals surface area contributed by atoms with Crippen LogP contribution in [0.3, 0.4) is 0 Å². The molecule has 0 spiro atoms. The third kappa shape index (κ3) is 4.69. The SMILES string of the molecule is CC(=C([N+](=O)[O-])S(=O)(=O)O)N(C)c1ccc(Oc2ccc(Cl)cc2)nc1. The van der Waals surface area contributed by atoms with Crippen molar-refractivity contribution in [2.24, 2.45) is 0 Å². The molecule has 0 unspecified atom stereocenters. The van der Waals surface area contributed by atoms with Gasteiger partial charge in [-0.2, -0.15) is 8.42 Å². The van der Waals surface area contributed by atoms with Gasteiger partial charge in [-0.25, -0.2) is 4.98 Å². The summed E-state index contributed by atoms with van der Waals surface area (Å²) in [5, 5.41) is 10.2. The van der Waals surface area contributed by atoms with Crippen LogP contribution < -0.4 is 9.64 Å². The van der Waals surface area contributed by atoms with E-state index in [9.17, 15) is 18.5 Å². The van der Waals surface area contributed by atoms with E-state index in [-0.39, 0.29) is 11.6 Å². The first-order valence-corrected chi connectivity index (χ1v) is 8.87. The monoisotopic (exact) mass is 399 g/mol. The number of benzene rings is 1. The van der Waals surface area contributed by atoms with Crippen molar-refractivity contribution in [2.75, 3.05) is 11.9 Å². The predicted molar refractivity (Wildman–Crippen MR) is 95.4 cm³/mol. The third-order valence-corrected chi connectivity index (χ3v) is 4.55. The lowest BCUT2D eigenvalue weighted by Crippen LogP contribution is -2.23. The molecule has 0 saturated heterocycles. The lowest BCUT2D eigenvalue weighted by atomic mass is 10.3. The number of aromatic nitrogens is 1. The molecule has 0 saturated carbocycles. The summed E-state index contributed by atoms with van der Waals surface area (Å²) in [4.78, 5) is 15.1. The van der Waals surface area contributed by atoms with E-state index in [1.54, 1.807) is 24.3 Å². The van der Waals surface area contributed by atoms with E-state index >= 15 is 0 Å². The van der Waals surface area contributed by atoms with E-state index in [0.29, 0.717) is 16.5 Å². The van der Waals surface area contributed by atoms with Crippen molar-refractivity contribution in [1.82, 2.24) is 4.98 Å². The second kappa shape index (κ2) is 7.68. The van der Waals surface area contributed by atoms with Crippen LogP contribution in [0.25, 0.3) is 0 Å². The van der Waals surface area contributed by atoms with Crippen LogP contribution in [-0.2, 0) is 10.1 Å². The van der Waals surface area contributed by atoms with Gasteiger partial charge in [0.05, 0.1) is 16.8 Å². The first kappa shape index (κ1) is 19.6. The van der Waals surface area contributed by atoms with Gasteiger partial charge in [-0.3, -0.25) is 14.7 Å². The van der Waals surface area contributed by atoms with Crippen LogP contribution >= 0.6 is 11.6 Å². The molecule has 0 atom stereocenters. The van der Waals surface area contributed by atoms with E-state index < -0.39 is 20.1 Å². The molecule has 1 aromatic carbocycles. The molecule has 2 rings (SSSR count). The Morgan fingerprint density at radius 1 is 1.27 bits per heavy atom. The Labute approximate surface area is 154 Å². The van der Waals surface area contributed by atoms with Crippen LogP contribution in [0.4, 0.5) is 5.69 Å². The molecule has 0 aliphatic carbocycles. The Kier molecular flexibility index (Phi) is 5.80. The standard InChI is InChI=1S/C15H14ClN3O6S/c1-10(15(19(20)21)26(22,23)24)18(2)12-5-8-14(17-9-12)25-13-6-3-11(16)4-7-13/h3-9H,1-2H3,(H,22,23,24). The average molecular weight is 400 g/mol. The van der Waals surface area contributed by atoms with E-state index in [0.717, 1.165) is 0 Å². The van der Waals surface area contributed by atoms with Crippen LogP contribution in [0.15, 0.2) is 53.3 Å². The molecule has 26 heavy (non-hydrogen) atoms. The van der Waals surface area contributed by atoms with Crippen molar-refractivity contribution in [3.8, 4) is 11.6 Å². The average Bonchev–Trinajstić information content (AvgIpc) is 2.55. The molecule has 0 bridgehead atoms. The Morgan fingerprint density at radius 3 is 2.35 bits per heavy atom. The first-order chi connectivity index (χ1) is 12.1. The molecule has 138 valence electrons. The lowest BCUT2D eigenvalue weighted by molar-refractivity contribution is -0.413. The number of rotatable bonds is 6. The maximum Gasteiger partial charge on any atom is 0.404 e. The summed E-state index contributed by atoms with van der Waals surface area (Å²) in [5.74, 6) is 0.775. The summed E-state index contributed by atoms with van der Waals surface area (Å²) in [6.45, 7) is 1.20. The van der Waals surface area contributed by atoms with Crippen molar-refractivity contribution in [3.63, 3.8) is 0 Å². The van der Waals surface area contributed by atoms with Crippen LogP contribution in [-0.4, -0.2) is 29.9 Å². The third-order valence-electron chi connectivity index (χ3n) is 3.37. The van der Waals surface area contributed by atoms with Gasteiger partial charge in [-0.1, -0.05) is 11.6 Å².